The first-order valence-corrected chi connectivity index (χ1v) is 8.65. The highest BCUT2D eigenvalue weighted by Crippen LogP contribution is 2.30. The Balaban J connectivity index is 4.17. The Morgan fingerprint density at radius 1 is 1.20 bits per heavy atom. The zero-order valence-corrected chi connectivity index (χ0v) is 13.0. The third kappa shape index (κ3) is 8.64. The number of nitrogens with two attached hydrogens (primary N) is 2. The molecule has 0 aromatic carbocycles. The highest BCUT2D eigenvalue weighted by molar-refractivity contribution is 8.76. The van der Waals surface area contributed by atoms with E-state index in [-0.39, 0.29) is 5.75 Å². The topological polar surface area (TPSA) is 136 Å². The van der Waals surface area contributed by atoms with Gasteiger partial charge >= 0.3 is 11.9 Å². The summed E-state index contributed by atoms with van der Waals surface area (Å²) in [5.74, 6) is -2.09. The summed E-state index contributed by atoms with van der Waals surface area (Å²) in [5, 5.41) is 17.6. The molecule has 1 unspecified atom stereocenters. The maximum absolute atomic E-state index is 10.9. The average Bonchev–Trinajstić information content (AvgIpc) is 2.40. The van der Waals surface area contributed by atoms with Crippen LogP contribution in [0.3, 0.4) is 0 Å². The Kier molecular flexibility index (Phi) is 10.9. The van der Waals surface area contributed by atoms with Crippen LogP contribution in [0.4, 0.5) is 0 Å². The van der Waals surface area contributed by atoms with Gasteiger partial charge in [0.15, 0.2) is 0 Å². The number of unbranched alkanes of at least 4 members (excludes halogenated alkanes) is 2. The molecule has 0 spiro atoms. The molecule has 0 aliphatic carbocycles. The molecule has 0 radical (unpaired) electrons. The number of carboxylic acids is 2. The van der Waals surface area contributed by atoms with Crippen LogP contribution < -0.4 is 11.5 Å². The third-order valence-corrected chi connectivity index (χ3v) is 4.97. The molecule has 9 heteroatoms. The van der Waals surface area contributed by atoms with E-state index in [1.165, 1.54) is 0 Å². The Morgan fingerprint density at radius 2 is 1.85 bits per heavy atom. The van der Waals surface area contributed by atoms with Crippen LogP contribution in [0.1, 0.15) is 26.2 Å². The van der Waals surface area contributed by atoms with E-state index in [4.69, 9.17) is 26.4 Å². The molecule has 0 aliphatic heterocycles. The van der Waals surface area contributed by atoms with Crippen molar-refractivity contribution in [2.45, 2.75) is 43.7 Å². The minimum absolute atomic E-state index is 0.154. The molecule has 0 aromatic heterocycles. The van der Waals surface area contributed by atoms with Crippen LogP contribution in [0.5, 0.6) is 0 Å². The van der Waals surface area contributed by atoms with Gasteiger partial charge in [-0.3, -0.25) is 9.59 Å². The van der Waals surface area contributed by atoms with Crippen molar-refractivity contribution in [2.75, 3.05) is 12.4 Å². The molecule has 118 valence electrons. The normalized spacial score (nSPS) is 15.6. The van der Waals surface area contributed by atoms with Gasteiger partial charge in [0.05, 0.1) is 0 Å². The van der Waals surface area contributed by atoms with Crippen molar-refractivity contribution in [1.29, 1.82) is 0 Å². The lowest BCUT2D eigenvalue weighted by molar-refractivity contribution is -0.141. The quantitative estimate of drug-likeness (QED) is 0.232. The lowest BCUT2D eigenvalue weighted by Gasteiger charge is -2.20. The van der Waals surface area contributed by atoms with Gasteiger partial charge in [0, 0.05) is 12.4 Å². The van der Waals surface area contributed by atoms with Gasteiger partial charge in [0.25, 0.3) is 0 Å². The molecule has 0 fully saturated rings. The smallest absolute Gasteiger partial charge is 0.324 e. The fourth-order valence-corrected chi connectivity index (χ4v) is 3.60. The van der Waals surface area contributed by atoms with Crippen molar-refractivity contribution in [3.8, 4) is 0 Å². The molecule has 0 heterocycles. The lowest BCUT2D eigenvalue weighted by Crippen LogP contribution is -2.41. The zero-order chi connectivity index (χ0) is 15.5. The minimum atomic E-state index is -1.16. The van der Waals surface area contributed by atoms with Crippen LogP contribution in [0.25, 0.3) is 0 Å². The second-order valence-corrected chi connectivity index (χ2v) is 6.65. The van der Waals surface area contributed by atoms with Gasteiger partial charge in [0.2, 0.25) is 0 Å². The predicted octanol–water partition coefficient (Wildman–Crippen LogP) is 0.725. The average molecular weight is 326 g/mol. The molecule has 0 aliphatic rings. The minimum Gasteiger partial charge on any atom is -0.480 e. The van der Waals surface area contributed by atoms with E-state index in [2.05, 4.69) is 6.92 Å². The van der Waals surface area contributed by atoms with E-state index in [9.17, 15) is 9.59 Å². The summed E-state index contributed by atoms with van der Waals surface area (Å²) in [6.07, 6.45) is 2.87. The van der Waals surface area contributed by atoms with Gasteiger partial charge in [-0.05, 0) is 6.42 Å². The van der Waals surface area contributed by atoms with E-state index >= 15 is 0 Å². The number of rotatable bonds is 12. The van der Waals surface area contributed by atoms with Crippen molar-refractivity contribution < 1.29 is 24.5 Å². The summed E-state index contributed by atoms with van der Waals surface area (Å²) in [4.78, 5) is 21.5. The summed E-state index contributed by atoms with van der Waals surface area (Å²) in [7, 11) is 2.26. The van der Waals surface area contributed by atoms with Gasteiger partial charge < -0.3 is 26.4 Å². The number of hydrogen-bond acceptors (Lipinski definition) is 7. The maximum atomic E-state index is 10.9. The summed E-state index contributed by atoms with van der Waals surface area (Å²) in [5.41, 5.74) is 10.2. The summed E-state index contributed by atoms with van der Waals surface area (Å²) < 4.78 is 5.46. The SMILES string of the molecule is CCCCCOC(SSC[C@H](N)C(=O)O)[C@H](N)C(=O)O. The summed E-state index contributed by atoms with van der Waals surface area (Å²) in [6, 6.07) is -2.15. The van der Waals surface area contributed by atoms with Crippen molar-refractivity contribution in [2.24, 2.45) is 11.5 Å². The molecule has 0 saturated heterocycles. The summed E-state index contributed by atoms with van der Waals surface area (Å²) in [6.45, 7) is 2.48. The van der Waals surface area contributed by atoms with E-state index < -0.39 is 29.5 Å². The number of carbonyl (C=O) groups is 2. The molecule has 7 nitrogen and oxygen atoms in total. The van der Waals surface area contributed by atoms with Crippen LogP contribution in [0.2, 0.25) is 0 Å². The maximum Gasteiger partial charge on any atom is 0.324 e. The number of carboxylic acid groups (broad SMARTS) is 2. The second kappa shape index (κ2) is 11.2. The van der Waals surface area contributed by atoms with Crippen LogP contribution in [-0.2, 0) is 14.3 Å². The number of aliphatic carboxylic acids is 2. The Bertz CT molecular complexity index is 307. The van der Waals surface area contributed by atoms with Gasteiger partial charge in [-0.15, -0.1) is 0 Å². The molecular weight excluding hydrogens is 304 g/mol. The van der Waals surface area contributed by atoms with Crippen LogP contribution in [0, 0.1) is 0 Å². The van der Waals surface area contributed by atoms with E-state index in [0.717, 1.165) is 40.9 Å². The number of ether oxygens (including phenoxy) is 1. The van der Waals surface area contributed by atoms with E-state index in [1.54, 1.807) is 0 Å². The third-order valence-electron chi connectivity index (χ3n) is 2.34. The van der Waals surface area contributed by atoms with Gasteiger partial charge in [-0.2, -0.15) is 0 Å². The summed E-state index contributed by atoms with van der Waals surface area (Å²) >= 11 is 0. The molecular formula is C11H22N2O5S2. The number of hydrogen-bond donors (Lipinski definition) is 4. The first kappa shape index (κ1) is 19.5. The molecule has 3 atom stereocenters. The largest absolute Gasteiger partial charge is 0.480 e. The van der Waals surface area contributed by atoms with E-state index in [0.29, 0.717) is 6.61 Å². The second-order valence-electron chi connectivity index (χ2n) is 4.14. The fraction of sp³-hybridized carbons (Fsp3) is 0.818. The van der Waals surface area contributed by atoms with Gasteiger partial charge in [-0.25, -0.2) is 0 Å². The van der Waals surface area contributed by atoms with Crippen molar-refractivity contribution >= 4 is 33.5 Å². The first-order chi connectivity index (χ1) is 9.40. The highest BCUT2D eigenvalue weighted by Gasteiger charge is 2.26. The monoisotopic (exact) mass is 326 g/mol. The molecule has 6 N–H and O–H groups in total. The predicted molar refractivity (Wildman–Crippen MR) is 80.5 cm³/mol. The molecule has 0 aromatic rings. The molecule has 0 rings (SSSR count). The zero-order valence-electron chi connectivity index (χ0n) is 11.4. The van der Waals surface area contributed by atoms with Crippen LogP contribution in [0.15, 0.2) is 0 Å². The Hall–Kier alpha value is -0.480. The highest BCUT2D eigenvalue weighted by atomic mass is 33.1. The van der Waals surface area contributed by atoms with Crippen molar-refractivity contribution in [3.63, 3.8) is 0 Å². The standard InChI is InChI=1S/C11H22N2O5S2/c1-2-3-4-5-18-11(8(13)10(16)17)20-19-6-7(12)9(14)15/h7-8,11H,2-6,12-13H2,1H3,(H,14,15)(H,16,17)/t7-,8+,11?/m0/s1. The van der Waals surface area contributed by atoms with Crippen LogP contribution >= 0.6 is 21.6 Å². The molecule has 0 amide bonds. The lowest BCUT2D eigenvalue weighted by atomic mass is 10.3. The molecule has 0 bridgehead atoms. The van der Waals surface area contributed by atoms with Gasteiger partial charge in [-0.1, -0.05) is 41.4 Å². The Morgan fingerprint density at radius 3 is 2.35 bits per heavy atom. The van der Waals surface area contributed by atoms with Gasteiger partial charge in [0.1, 0.15) is 17.5 Å². The Labute approximate surface area is 126 Å². The van der Waals surface area contributed by atoms with E-state index in [1.807, 2.05) is 0 Å². The molecule has 20 heavy (non-hydrogen) atoms. The van der Waals surface area contributed by atoms with Crippen molar-refractivity contribution in [3.05, 3.63) is 0 Å². The van der Waals surface area contributed by atoms with Crippen LogP contribution in [-0.4, -0.2) is 52.0 Å². The fourth-order valence-electron chi connectivity index (χ4n) is 1.11. The molecule has 0 saturated carbocycles. The van der Waals surface area contributed by atoms with Crippen molar-refractivity contribution in [1.82, 2.24) is 0 Å². The first-order valence-electron chi connectivity index (χ1n) is 6.26.